The molecule has 0 saturated heterocycles. The van der Waals surface area contributed by atoms with Crippen molar-refractivity contribution in [2.45, 2.75) is 59.2 Å². The zero-order chi connectivity index (χ0) is 16.7. The number of nitrogens with zero attached hydrogens (tertiary/aromatic N) is 2. The van der Waals surface area contributed by atoms with Gasteiger partial charge in [-0.2, -0.15) is 0 Å². The van der Waals surface area contributed by atoms with Gasteiger partial charge in [-0.1, -0.05) is 31.2 Å². The van der Waals surface area contributed by atoms with Gasteiger partial charge in [-0.05, 0) is 44.7 Å². The lowest BCUT2D eigenvalue weighted by atomic mass is 9.98. The predicted octanol–water partition coefficient (Wildman–Crippen LogP) is 3.40. The van der Waals surface area contributed by atoms with Crippen LogP contribution in [-0.4, -0.2) is 42.6 Å². The highest BCUT2D eigenvalue weighted by molar-refractivity contribution is 14.0. The molecule has 0 saturated carbocycles. The van der Waals surface area contributed by atoms with Gasteiger partial charge in [0.05, 0.1) is 6.54 Å². The summed E-state index contributed by atoms with van der Waals surface area (Å²) in [6.45, 7) is 12.6. The van der Waals surface area contributed by atoms with Crippen LogP contribution in [0.2, 0.25) is 0 Å². The molecule has 24 heavy (non-hydrogen) atoms. The third kappa shape index (κ3) is 6.24. The lowest BCUT2D eigenvalue weighted by Crippen LogP contribution is -2.44. The van der Waals surface area contributed by atoms with Crippen LogP contribution in [0.1, 0.15) is 45.2 Å². The molecule has 4 nitrogen and oxygen atoms in total. The summed E-state index contributed by atoms with van der Waals surface area (Å²) in [6, 6.07) is 9.73. The second-order valence-electron chi connectivity index (χ2n) is 6.57. The van der Waals surface area contributed by atoms with Crippen LogP contribution >= 0.6 is 24.0 Å². The first-order valence-corrected chi connectivity index (χ1v) is 8.99. The molecule has 1 aliphatic rings. The SMILES string of the molecule is CCNC(=NCC(CC)N1CCc2ccccc2C1)NC(C)C.I. The van der Waals surface area contributed by atoms with Crippen molar-refractivity contribution in [1.82, 2.24) is 15.5 Å². The predicted molar refractivity (Wildman–Crippen MR) is 114 cm³/mol. The second-order valence-corrected chi connectivity index (χ2v) is 6.57. The Bertz CT molecular complexity index is 516. The van der Waals surface area contributed by atoms with Crippen molar-refractivity contribution in [3.63, 3.8) is 0 Å². The Morgan fingerprint density at radius 1 is 1.21 bits per heavy atom. The topological polar surface area (TPSA) is 39.7 Å². The van der Waals surface area contributed by atoms with Gasteiger partial charge in [0.15, 0.2) is 5.96 Å². The maximum Gasteiger partial charge on any atom is 0.191 e. The van der Waals surface area contributed by atoms with Crippen LogP contribution in [-0.2, 0) is 13.0 Å². The van der Waals surface area contributed by atoms with Gasteiger partial charge in [-0.15, -0.1) is 24.0 Å². The minimum atomic E-state index is 0. The van der Waals surface area contributed by atoms with E-state index in [-0.39, 0.29) is 24.0 Å². The third-order valence-corrected chi connectivity index (χ3v) is 4.38. The minimum Gasteiger partial charge on any atom is -0.357 e. The highest BCUT2D eigenvalue weighted by atomic mass is 127. The number of halogens is 1. The average Bonchev–Trinajstić information content (AvgIpc) is 2.55. The molecule has 2 N–H and O–H groups in total. The van der Waals surface area contributed by atoms with Crippen LogP contribution in [0.4, 0.5) is 0 Å². The summed E-state index contributed by atoms with van der Waals surface area (Å²) in [5.41, 5.74) is 2.99. The fraction of sp³-hybridized carbons (Fsp3) is 0.632. The van der Waals surface area contributed by atoms with E-state index in [2.05, 4.69) is 67.5 Å². The van der Waals surface area contributed by atoms with Gasteiger partial charge in [0.1, 0.15) is 0 Å². The summed E-state index contributed by atoms with van der Waals surface area (Å²) < 4.78 is 0. The molecule has 0 radical (unpaired) electrons. The van der Waals surface area contributed by atoms with Crippen molar-refractivity contribution in [3.05, 3.63) is 35.4 Å². The molecular formula is C19H33IN4. The number of hydrogen-bond donors (Lipinski definition) is 2. The van der Waals surface area contributed by atoms with E-state index in [0.29, 0.717) is 12.1 Å². The van der Waals surface area contributed by atoms with Crippen LogP contribution in [0.5, 0.6) is 0 Å². The maximum absolute atomic E-state index is 4.81. The van der Waals surface area contributed by atoms with Crippen LogP contribution in [0.25, 0.3) is 0 Å². The van der Waals surface area contributed by atoms with E-state index >= 15 is 0 Å². The Morgan fingerprint density at radius 2 is 1.92 bits per heavy atom. The number of nitrogens with one attached hydrogen (secondary N) is 2. The average molecular weight is 444 g/mol. The molecule has 0 spiro atoms. The molecule has 136 valence electrons. The summed E-state index contributed by atoms with van der Waals surface area (Å²) >= 11 is 0. The van der Waals surface area contributed by atoms with Crippen molar-refractivity contribution in [2.75, 3.05) is 19.6 Å². The first-order chi connectivity index (χ1) is 11.1. The number of rotatable bonds is 6. The van der Waals surface area contributed by atoms with Gasteiger partial charge < -0.3 is 10.6 Å². The molecule has 1 aromatic carbocycles. The van der Waals surface area contributed by atoms with E-state index in [1.807, 2.05) is 0 Å². The van der Waals surface area contributed by atoms with Crippen molar-refractivity contribution >= 4 is 29.9 Å². The molecule has 1 atom stereocenters. The Morgan fingerprint density at radius 3 is 2.54 bits per heavy atom. The van der Waals surface area contributed by atoms with Crippen LogP contribution in [0.15, 0.2) is 29.3 Å². The molecule has 5 heteroatoms. The maximum atomic E-state index is 4.81. The second kappa shape index (κ2) is 10.9. The largest absolute Gasteiger partial charge is 0.357 e. The fourth-order valence-corrected chi connectivity index (χ4v) is 3.12. The summed E-state index contributed by atoms with van der Waals surface area (Å²) in [5, 5.41) is 6.73. The Hall–Kier alpha value is -0.820. The molecule has 0 fully saturated rings. The van der Waals surface area contributed by atoms with Crippen molar-refractivity contribution in [3.8, 4) is 0 Å². The zero-order valence-electron chi connectivity index (χ0n) is 15.5. The molecule has 1 aliphatic heterocycles. The van der Waals surface area contributed by atoms with E-state index < -0.39 is 0 Å². The quantitative estimate of drug-likeness (QED) is 0.402. The smallest absolute Gasteiger partial charge is 0.191 e. The third-order valence-electron chi connectivity index (χ3n) is 4.38. The number of guanidine groups is 1. The molecule has 0 aliphatic carbocycles. The lowest BCUT2D eigenvalue weighted by molar-refractivity contribution is 0.178. The van der Waals surface area contributed by atoms with E-state index in [4.69, 9.17) is 4.99 Å². The Balaban J connectivity index is 0.00000288. The zero-order valence-corrected chi connectivity index (χ0v) is 17.8. The molecule has 0 amide bonds. The van der Waals surface area contributed by atoms with Crippen molar-refractivity contribution < 1.29 is 0 Å². The first kappa shape index (κ1) is 21.2. The van der Waals surface area contributed by atoms with Gasteiger partial charge in [0.25, 0.3) is 0 Å². The highest BCUT2D eigenvalue weighted by Crippen LogP contribution is 2.21. The van der Waals surface area contributed by atoms with Gasteiger partial charge in [-0.25, -0.2) is 0 Å². The monoisotopic (exact) mass is 444 g/mol. The Labute approximate surface area is 164 Å². The molecule has 2 rings (SSSR count). The summed E-state index contributed by atoms with van der Waals surface area (Å²) in [4.78, 5) is 7.40. The molecule has 1 heterocycles. The van der Waals surface area contributed by atoms with Gasteiger partial charge in [0.2, 0.25) is 0 Å². The molecule has 0 bridgehead atoms. The number of fused-ring (bicyclic) bond motifs is 1. The van der Waals surface area contributed by atoms with Gasteiger partial charge in [0, 0.05) is 31.7 Å². The highest BCUT2D eigenvalue weighted by Gasteiger charge is 2.22. The van der Waals surface area contributed by atoms with E-state index in [1.165, 1.54) is 11.1 Å². The van der Waals surface area contributed by atoms with Crippen LogP contribution in [0, 0.1) is 0 Å². The fourth-order valence-electron chi connectivity index (χ4n) is 3.12. The normalized spacial score (nSPS) is 16.3. The van der Waals surface area contributed by atoms with Crippen LogP contribution in [0.3, 0.4) is 0 Å². The molecule has 0 aromatic heterocycles. The molecule has 1 unspecified atom stereocenters. The molecule has 1 aromatic rings. The Kier molecular flexibility index (Phi) is 9.66. The molecular weight excluding hydrogens is 411 g/mol. The summed E-state index contributed by atoms with van der Waals surface area (Å²) in [5.74, 6) is 0.929. The lowest BCUT2D eigenvalue weighted by Gasteiger charge is -2.34. The minimum absolute atomic E-state index is 0. The number of aliphatic imine (C=N–C) groups is 1. The first-order valence-electron chi connectivity index (χ1n) is 8.99. The van der Waals surface area contributed by atoms with Gasteiger partial charge >= 0.3 is 0 Å². The van der Waals surface area contributed by atoms with Crippen LogP contribution < -0.4 is 10.6 Å². The van der Waals surface area contributed by atoms with Gasteiger partial charge in [-0.3, -0.25) is 9.89 Å². The van der Waals surface area contributed by atoms with Crippen molar-refractivity contribution in [1.29, 1.82) is 0 Å². The standard InChI is InChI=1S/C19H32N4.HI/c1-5-18(13-21-19(20-6-2)22-15(3)4)23-12-11-16-9-7-8-10-17(16)14-23;/h7-10,15,18H,5-6,11-14H2,1-4H3,(H2,20,21,22);1H. The van der Waals surface area contributed by atoms with Crippen molar-refractivity contribution in [2.24, 2.45) is 4.99 Å². The van der Waals surface area contributed by atoms with E-state index in [0.717, 1.165) is 45.0 Å². The van der Waals surface area contributed by atoms with E-state index in [1.54, 1.807) is 0 Å². The number of benzene rings is 1. The number of hydrogen-bond acceptors (Lipinski definition) is 2. The van der Waals surface area contributed by atoms with E-state index in [9.17, 15) is 0 Å². The summed E-state index contributed by atoms with van der Waals surface area (Å²) in [6.07, 6.45) is 2.29. The summed E-state index contributed by atoms with van der Waals surface area (Å²) in [7, 11) is 0.